The second-order valence-corrected chi connectivity index (χ2v) is 2.91. The summed E-state index contributed by atoms with van der Waals surface area (Å²) in [5.74, 6) is -0.737. The number of nitrogen functional groups attached to an aromatic ring is 1. The molecule has 0 atom stereocenters. The van der Waals surface area contributed by atoms with Crippen molar-refractivity contribution >= 4 is 22.7 Å². The van der Waals surface area contributed by atoms with Gasteiger partial charge in [0.25, 0.3) is 0 Å². The highest BCUT2D eigenvalue weighted by molar-refractivity contribution is 6.03. The first-order valence-electron chi connectivity index (χ1n) is 3.90. The van der Waals surface area contributed by atoms with Crippen LogP contribution in [0.5, 0.6) is 0 Å². The molecule has 6 nitrogen and oxygen atoms in total. The average molecular weight is 192 g/mol. The Hall–Kier alpha value is -2.11. The van der Waals surface area contributed by atoms with E-state index in [0.29, 0.717) is 10.9 Å². The molecule has 0 aliphatic heterocycles. The molecule has 0 radical (unpaired) electrons. The summed E-state index contributed by atoms with van der Waals surface area (Å²) in [6, 6.07) is 0. The molecule has 2 aromatic heterocycles. The van der Waals surface area contributed by atoms with E-state index >= 15 is 0 Å². The molecule has 0 saturated heterocycles. The van der Waals surface area contributed by atoms with Gasteiger partial charge in [-0.05, 0) is 0 Å². The zero-order valence-electron chi connectivity index (χ0n) is 7.43. The predicted octanol–water partition coefficient (Wildman–Crippen LogP) is 0.249. The summed E-state index contributed by atoms with van der Waals surface area (Å²) in [5.41, 5.74) is 6.07. The first-order chi connectivity index (χ1) is 6.61. The van der Waals surface area contributed by atoms with E-state index in [1.54, 1.807) is 13.2 Å². The molecular formula is C8H8N4O2. The molecule has 3 N–H and O–H groups in total. The number of nitrogens with zero attached hydrogens (tertiary/aromatic N) is 3. The van der Waals surface area contributed by atoms with Crippen molar-refractivity contribution in [2.45, 2.75) is 0 Å². The third-order valence-corrected chi connectivity index (χ3v) is 2.02. The lowest BCUT2D eigenvalue weighted by atomic mass is 10.3. The normalized spacial score (nSPS) is 10.6. The lowest BCUT2D eigenvalue weighted by Gasteiger charge is -1.95. The van der Waals surface area contributed by atoms with Gasteiger partial charge >= 0.3 is 5.97 Å². The fourth-order valence-electron chi connectivity index (χ4n) is 1.40. The van der Waals surface area contributed by atoms with Crippen LogP contribution < -0.4 is 5.73 Å². The SMILES string of the molecule is Cn1cc2c(N)ncnc2c1C(=O)O. The van der Waals surface area contributed by atoms with Crippen LogP contribution in [0.1, 0.15) is 10.5 Å². The molecule has 14 heavy (non-hydrogen) atoms. The minimum absolute atomic E-state index is 0.120. The van der Waals surface area contributed by atoms with Gasteiger partial charge in [-0.2, -0.15) is 0 Å². The number of carboxylic acids is 1. The van der Waals surface area contributed by atoms with Crippen LogP contribution >= 0.6 is 0 Å². The minimum atomic E-state index is -1.03. The molecule has 6 heteroatoms. The molecular weight excluding hydrogens is 184 g/mol. The third-order valence-electron chi connectivity index (χ3n) is 2.02. The van der Waals surface area contributed by atoms with Crippen LogP contribution in [-0.4, -0.2) is 25.6 Å². The van der Waals surface area contributed by atoms with Crippen molar-refractivity contribution in [1.82, 2.24) is 14.5 Å². The number of carbonyl (C=O) groups is 1. The minimum Gasteiger partial charge on any atom is -0.477 e. The molecule has 2 aromatic rings. The monoisotopic (exact) mass is 192 g/mol. The number of aromatic nitrogens is 3. The maximum absolute atomic E-state index is 10.9. The highest BCUT2D eigenvalue weighted by Gasteiger charge is 2.16. The number of anilines is 1. The first-order valence-corrected chi connectivity index (χ1v) is 3.90. The van der Waals surface area contributed by atoms with Crippen LogP contribution in [-0.2, 0) is 7.05 Å². The van der Waals surface area contributed by atoms with Crippen LogP contribution in [0.3, 0.4) is 0 Å². The lowest BCUT2D eigenvalue weighted by molar-refractivity contribution is 0.0688. The largest absolute Gasteiger partial charge is 0.477 e. The van der Waals surface area contributed by atoms with Crippen LogP contribution in [0.2, 0.25) is 0 Å². The zero-order valence-corrected chi connectivity index (χ0v) is 7.43. The van der Waals surface area contributed by atoms with Crippen LogP contribution in [0.4, 0.5) is 5.82 Å². The molecule has 0 unspecified atom stereocenters. The maximum Gasteiger partial charge on any atom is 0.354 e. The zero-order chi connectivity index (χ0) is 10.3. The quantitative estimate of drug-likeness (QED) is 0.675. The number of hydrogen-bond acceptors (Lipinski definition) is 4. The summed E-state index contributed by atoms with van der Waals surface area (Å²) >= 11 is 0. The molecule has 0 spiro atoms. The number of rotatable bonds is 1. The number of hydrogen-bond donors (Lipinski definition) is 2. The summed E-state index contributed by atoms with van der Waals surface area (Å²) in [4.78, 5) is 18.6. The van der Waals surface area contributed by atoms with Crippen LogP contribution in [0, 0.1) is 0 Å². The maximum atomic E-state index is 10.9. The van der Waals surface area contributed by atoms with E-state index in [1.165, 1.54) is 10.9 Å². The third kappa shape index (κ3) is 1.00. The molecule has 0 fully saturated rings. The molecule has 0 aliphatic rings. The van der Waals surface area contributed by atoms with E-state index in [0.717, 1.165) is 0 Å². The van der Waals surface area contributed by atoms with Crippen molar-refractivity contribution in [3.8, 4) is 0 Å². The van der Waals surface area contributed by atoms with Gasteiger partial charge in [-0.25, -0.2) is 14.8 Å². The second kappa shape index (κ2) is 2.69. The number of aromatic carboxylic acids is 1. The summed E-state index contributed by atoms with van der Waals surface area (Å²) < 4.78 is 1.47. The molecule has 0 amide bonds. The number of aryl methyl sites for hydroxylation is 1. The van der Waals surface area contributed by atoms with Crippen molar-refractivity contribution in [3.05, 3.63) is 18.2 Å². The molecule has 0 aliphatic carbocycles. The van der Waals surface area contributed by atoms with E-state index in [2.05, 4.69) is 9.97 Å². The predicted molar refractivity (Wildman–Crippen MR) is 49.9 cm³/mol. The van der Waals surface area contributed by atoms with E-state index in [-0.39, 0.29) is 11.5 Å². The summed E-state index contributed by atoms with van der Waals surface area (Å²) in [7, 11) is 1.63. The van der Waals surface area contributed by atoms with Crippen molar-refractivity contribution in [3.63, 3.8) is 0 Å². The Labute approximate surface area is 79.0 Å². The Morgan fingerprint density at radius 2 is 2.29 bits per heavy atom. The molecule has 72 valence electrons. The summed E-state index contributed by atoms with van der Waals surface area (Å²) in [6.07, 6.45) is 2.86. The summed E-state index contributed by atoms with van der Waals surface area (Å²) in [5, 5.41) is 9.48. The average Bonchev–Trinajstić information content (AvgIpc) is 2.42. The Morgan fingerprint density at radius 3 is 2.93 bits per heavy atom. The van der Waals surface area contributed by atoms with Gasteiger partial charge in [0.2, 0.25) is 0 Å². The molecule has 0 saturated carbocycles. The molecule has 0 aromatic carbocycles. The molecule has 2 rings (SSSR count). The van der Waals surface area contributed by atoms with Crippen molar-refractivity contribution in [2.24, 2.45) is 7.05 Å². The molecule has 0 bridgehead atoms. The van der Waals surface area contributed by atoms with Crippen molar-refractivity contribution in [2.75, 3.05) is 5.73 Å². The second-order valence-electron chi connectivity index (χ2n) is 2.91. The Kier molecular flexibility index (Phi) is 1.63. The van der Waals surface area contributed by atoms with E-state index < -0.39 is 5.97 Å². The van der Waals surface area contributed by atoms with E-state index in [1.807, 2.05) is 0 Å². The van der Waals surface area contributed by atoms with Gasteiger partial charge < -0.3 is 15.4 Å². The van der Waals surface area contributed by atoms with Crippen LogP contribution in [0.15, 0.2) is 12.5 Å². The van der Waals surface area contributed by atoms with Gasteiger partial charge in [0.1, 0.15) is 17.7 Å². The fourth-order valence-corrected chi connectivity index (χ4v) is 1.40. The number of fused-ring (bicyclic) bond motifs is 1. The van der Waals surface area contributed by atoms with Crippen LogP contribution in [0.25, 0.3) is 10.9 Å². The van der Waals surface area contributed by atoms with Gasteiger partial charge in [-0.15, -0.1) is 0 Å². The van der Waals surface area contributed by atoms with Gasteiger partial charge in [-0.1, -0.05) is 0 Å². The smallest absolute Gasteiger partial charge is 0.354 e. The summed E-state index contributed by atoms with van der Waals surface area (Å²) in [6.45, 7) is 0. The lowest BCUT2D eigenvalue weighted by Crippen LogP contribution is -2.04. The van der Waals surface area contributed by atoms with E-state index in [4.69, 9.17) is 10.8 Å². The number of nitrogens with two attached hydrogens (primary N) is 1. The Balaban J connectivity index is 2.90. The molecule has 2 heterocycles. The Bertz CT molecular complexity index is 517. The van der Waals surface area contributed by atoms with Crippen molar-refractivity contribution < 1.29 is 9.90 Å². The van der Waals surface area contributed by atoms with Gasteiger partial charge in [0.15, 0.2) is 5.69 Å². The van der Waals surface area contributed by atoms with Crippen molar-refractivity contribution in [1.29, 1.82) is 0 Å². The Morgan fingerprint density at radius 1 is 1.57 bits per heavy atom. The highest BCUT2D eigenvalue weighted by atomic mass is 16.4. The van der Waals surface area contributed by atoms with Gasteiger partial charge in [0, 0.05) is 13.2 Å². The standard InChI is InChI=1S/C8H8N4O2/c1-12-2-4-5(6(12)8(13)14)10-3-11-7(4)9/h2-3H,1H3,(H,13,14)(H2,9,10,11). The highest BCUT2D eigenvalue weighted by Crippen LogP contribution is 2.21. The van der Waals surface area contributed by atoms with E-state index in [9.17, 15) is 4.79 Å². The first kappa shape index (κ1) is 8.49. The van der Waals surface area contributed by atoms with Gasteiger partial charge in [-0.3, -0.25) is 0 Å². The fraction of sp³-hybridized carbons (Fsp3) is 0.125. The van der Waals surface area contributed by atoms with Gasteiger partial charge in [0.05, 0.1) is 5.39 Å². The topological polar surface area (TPSA) is 94.0 Å². The number of carboxylic acid groups (broad SMARTS) is 1.